The van der Waals surface area contributed by atoms with Gasteiger partial charge in [-0.05, 0) is 24.3 Å². The van der Waals surface area contributed by atoms with Gasteiger partial charge in [-0.15, -0.1) is 11.3 Å². The number of halogens is 1. The highest BCUT2D eigenvalue weighted by molar-refractivity contribution is 7.07. The summed E-state index contributed by atoms with van der Waals surface area (Å²) in [4.78, 5) is 28.2. The second-order valence-electron chi connectivity index (χ2n) is 4.36. The molecule has 0 aliphatic carbocycles. The van der Waals surface area contributed by atoms with Crippen LogP contribution in [-0.2, 0) is 4.79 Å². The van der Waals surface area contributed by atoms with Crippen molar-refractivity contribution < 1.29 is 18.7 Å². The molecule has 2 aromatic rings. The fourth-order valence-corrected chi connectivity index (χ4v) is 2.47. The van der Waals surface area contributed by atoms with Gasteiger partial charge in [0.05, 0.1) is 11.1 Å². The largest absolute Gasteiger partial charge is 0.408 e. The van der Waals surface area contributed by atoms with Crippen LogP contribution in [0.5, 0.6) is 5.88 Å². The van der Waals surface area contributed by atoms with E-state index in [1.807, 2.05) is 0 Å². The summed E-state index contributed by atoms with van der Waals surface area (Å²) >= 11 is 1.18. The number of esters is 1. The van der Waals surface area contributed by atoms with Crippen LogP contribution in [0.25, 0.3) is 0 Å². The third-order valence-electron chi connectivity index (χ3n) is 2.79. The van der Waals surface area contributed by atoms with Gasteiger partial charge in [0.15, 0.2) is 4.80 Å². The van der Waals surface area contributed by atoms with E-state index in [0.717, 1.165) is 0 Å². The van der Waals surface area contributed by atoms with E-state index in [2.05, 4.69) is 4.99 Å². The van der Waals surface area contributed by atoms with Gasteiger partial charge in [0, 0.05) is 12.8 Å². The van der Waals surface area contributed by atoms with Crippen LogP contribution in [0.15, 0.2) is 34.6 Å². The Morgan fingerprint density at radius 1 is 1.23 bits per heavy atom. The Kier molecular flexibility index (Phi) is 5.21. The fourth-order valence-electron chi connectivity index (χ4n) is 1.65. The SMILES string of the molecule is CCC(=O)Oc1csc(=Nc2ccc(F)cc2)n1C(=O)CC. The number of hydrogen-bond donors (Lipinski definition) is 0. The predicted molar refractivity (Wildman–Crippen MR) is 80.8 cm³/mol. The summed E-state index contributed by atoms with van der Waals surface area (Å²) in [6.07, 6.45) is 0.449. The lowest BCUT2D eigenvalue weighted by Crippen LogP contribution is -2.24. The number of carbonyl (C=O) groups excluding carboxylic acids is 2. The Bertz CT molecular complexity index is 747. The maximum atomic E-state index is 12.9. The van der Waals surface area contributed by atoms with Gasteiger partial charge in [-0.25, -0.2) is 13.9 Å². The van der Waals surface area contributed by atoms with Gasteiger partial charge in [0.1, 0.15) is 5.82 Å². The van der Waals surface area contributed by atoms with Gasteiger partial charge >= 0.3 is 5.97 Å². The molecule has 5 nitrogen and oxygen atoms in total. The molecule has 7 heteroatoms. The first-order valence-electron chi connectivity index (χ1n) is 6.79. The van der Waals surface area contributed by atoms with Crippen molar-refractivity contribution in [1.29, 1.82) is 0 Å². The molecule has 0 saturated heterocycles. The van der Waals surface area contributed by atoms with Gasteiger partial charge in [-0.3, -0.25) is 9.59 Å². The lowest BCUT2D eigenvalue weighted by Gasteiger charge is -2.05. The number of thiazole rings is 1. The van der Waals surface area contributed by atoms with Crippen molar-refractivity contribution in [3.8, 4) is 5.88 Å². The predicted octanol–water partition coefficient (Wildman–Crippen LogP) is 3.29. The molecule has 0 fully saturated rings. The third-order valence-corrected chi connectivity index (χ3v) is 3.59. The van der Waals surface area contributed by atoms with Crippen molar-refractivity contribution in [3.05, 3.63) is 40.3 Å². The quantitative estimate of drug-likeness (QED) is 0.812. The van der Waals surface area contributed by atoms with E-state index < -0.39 is 5.97 Å². The first-order valence-corrected chi connectivity index (χ1v) is 7.67. The smallest absolute Gasteiger partial charge is 0.312 e. The number of rotatable bonds is 4. The molecule has 0 radical (unpaired) electrons. The summed E-state index contributed by atoms with van der Waals surface area (Å²) in [5, 5.41) is 1.56. The number of benzene rings is 1. The average Bonchev–Trinajstić information content (AvgIpc) is 2.91. The molecule has 22 heavy (non-hydrogen) atoms. The van der Waals surface area contributed by atoms with E-state index in [1.165, 1.54) is 40.2 Å². The van der Waals surface area contributed by atoms with Crippen molar-refractivity contribution in [2.75, 3.05) is 0 Å². The molecule has 0 bridgehead atoms. The van der Waals surface area contributed by atoms with E-state index in [9.17, 15) is 14.0 Å². The van der Waals surface area contributed by atoms with Crippen LogP contribution in [0, 0.1) is 5.82 Å². The maximum Gasteiger partial charge on any atom is 0.312 e. The summed E-state index contributed by atoms with van der Waals surface area (Å²) in [6.45, 7) is 3.38. The first kappa shape index (κ1) is 16.1. The van der Waals surface area contributed by atoms with Crippen LogP contribution < -0.4 is 9.54 Å². The molecule has 0 N–H and O–H groups in total. The zero-order valence-corrected chi connectivity index (χ0v) is 13.0. The van der Waals surface area contributed by atoms with Crippen LogP contribution in [-0.4, -0.2) is 16.4 Å². The van der Waals surface area contributed by atoms with E-state index >= 15 is 0 Å². The highest BCUT2D eigenvalue weighted by Gasteiger charge is 2.15. The van der Waals surface area contributed by atoms with Gasteiger partial charge in [-0.2, -0.15) is 0 Å². The minimum Gasteiger partial charge on any atom is -0.408 e. The summed E-state index contributed by atoms with van der Waals surface area (Å²) in [6, 6.07) is 5.59. The lowest BCUT2D eigenvalue weighted by molar-refractivity contribution is -0.134. The molecule has 1 aromatic carbocycles. The van der Waals surface area contributed by atoms with E-state index in [0.29, 0.717) is 10.5 Å². The minimum absolute atomic E-state index is 0.157. The van der Waals surface area contributed by atoms with E-state index in [1.54, 1.807) is 19.2 Å². The molecule has 0 aliphatic rings. The molecule has 2 rings (SSSR count). The summed E-state index contributed by atoms with van der Waals surface area (Å²) < 4.78 is 19.3. The molecule has 116 valence electrons. The zero-order valence-electron chi connectivity index (χ0n) is 12.2. The lowest BCUT2D eigenvalue weighted by atomic mass is 10.3. The van der Waals surface area contributed by atoms with Crippen LogP contribution in [0.1, 0.15) is 31.5 Å². The molecule has 0 atom stereocenters. The second kappa shape index (κ2) is 7.13. The molecule has 0 amide bonds. The fraction of sp³-hybridized carbons (Fsp3) is 0.267. The Hall–Kier alpha value is -2.28. The zero-order chi connectivity index (χ0) is 16.1. The molecular formula is C15H15FN2O3S. The van der Waals surface area contributed by atoms with E-state index in [4.69, 9.17) is 4.74 Å². The molecule has 1 aromatic heterocycles. The number of aromatic nitrogens is 1. The van der Waals surface area contributed by atoms with Gasteiger partial charge in [0.2, 0.25) is 11.8 Å². The molecular weight excluding hydrogens is 307 g/mol. The first-order chi connectivity index (χ1) is 10.5. The van der Waals surface area contributed by atoms with Crippen molar-refractivity contribution in [1.82, 2.24) is 4.57 Å². The van der Waals surface area contributed by atoms with Crippen molar-refractivity contribution >= 4 is 28.9 Å². The number of ether oxygens (including phenoxy) is 1. The van der Waals surface area contributed by atoms with Crippen LogP contribution in [0.2, 0.25) is 0 Å². The number of carbonyl (C=O) groups is 2. The Labute approximate surface area is 130 Å². The standard InChI is InChI=1S/C15H15FN2O3S/c1-3-12(19)18-13(21-14(20)4-2)9-22-15(18)17-11-7-5-10(16)6-8-11/h5-9H,3-4H2,1-2H3. The summed E-state index contributed by atoms with van der Waals surface area (Å²) in [5.74, 6) is -0.866. The van der Waals surface area contributed by atoms with Crippen LogP contribution >= 0.6 is 11.3 Å². The molecule has 0 spiro atoms. The third kappa shape index (κ3) is 3.67. The van der Waals surface area contributed by atoms with Gasteiger partial charge in [0.25, 0.3) is 0 Å². The van der Waals surface area contributed by atoms with Crippen molar-refractivity contribution in [2.24, 2.45) is 4.99 Å². The van der Waals surface area contributed by atoms with Gasteiger partial charge in [-0.1, -0.05) is 13.8 Å². The van der Waals surface area contributed by atoms with Crippen LogP contribution in [0.4, 0.5) is 10.1 Å². The maximum absolute atomic E-state index is 12.9. The highest BCUT2D eigenvalue weighted by Crippen LogP contribution is 2.16. The highest BCUT2D eigenvalue weighted by atomic mass is 32.1. The molecule has 0 unspecified atom stereocenters. The topological polar surface area (TPSA) is 60.7 Å². The van der Waals surface area contributed by atoms with E-state index in [-0.39, 0.29) is 30.4 Å². The monoisotopic (exact) mass is 322 g/mol. The normalized spacial score (nSPS) is 11.5. The average molecular weight is 322 g/mol. The second-order valence-corrected chi connectivity index (χ2v) is 5.19. The van der Waals surface area contributed by atoms with Crippen LogP contribution in [0.3, 0.4) is 0 Å². The summed E-state index contributed by atoms with van der Waals surface area (Å²) in [5.41, 5.74) is 0.509. The summed E-state index contributed by atoms with van der Waals surface area (Å²) in [7, 11) is 0. The van der Waals surface area contributed by atoms with Gasteiger partial charge < -0.3 is 4.74 Å². The Morgan fingerprint density at radius 2 is 1.91 bits per heavy atom. The van der Waals surface area contributed by atoms with Crippen molar-refractivity contribution in [3.63, 3.8) is 0 Å². The number of hydrogen-bond acceptors (Lipinski definition) is 5. The minimum atomic E-state index is -0.427. The number of nitrogens with zero attached hydrogens (tertiary/aromatic N) is 2. The Balaban J connectivity index is 2.49. The molecule has 0 aliphatic heterocycles. The molecule has 1 heterocycles. The molecule has 0 saturated carbocycles. The van der Waals surface area contributed by atoms with Crippen molar-refractivity contribution in [2.45, 2.75) is 26.7 Å². The Morgan fingerprint density at radius 3 is 2.50 bits per heavy atom.